The number of piperidine rings is 1. The third-order valence-electron chi connectivity index (χ3n) is 3.63. The molecule has 4 nitrogen and oxygen atoms in total. The highest BCUT2D eigenvalue weighted by Crippen LogP contribution is 2.22. The van der Waals surface area contributed by atoms with E-state index in [1.54, 1.807) is 4.90 Å². The Morgan fingerprint density at radius 3 is 2.56 bits per heavy atom. The fourth-order valence-corrected chi connectivity index (χ4v) is 2.38. The van der Waals surface area contributed by atoms with Crippen LogP contribution >= 0.6 is 0 Å². The molecule has 0 aromatic heterocycles. The molecule has 1 fully saturated rings. The summed E-state index contributed by atoms with van der Waals surface area (Å²) in [6, 6.07) is 0.258. The van der Waals surface area contributed by atoms with E-state index in [1.807, 2.05) is 27.8 Å². The van der Waals surface area contributed by atoms with Crippen LogP contribution in [0.1, 0.15) is 41.0 Å². The van der Waals surface area contributed by atoms with Crippen molar-refractivity contribution < 1.29 is 9.53 Å². The van der Waals surface area contributed by atoms with E-state index in [0.29, 0.717) is 5.92 Å². The maximum absolute atomic E-state index is 12.1. The standard InChI is InChI=1S/C14H28N2O2/c1-7-16-9-8-11(2)12(10-16)15(6)13(17)18-14(3,4)5/h11-12H,7-10H2,1-6H3. The summed E-state index contributed by atoms with van der Waals surface area (Å²) >= 11 is 0. The van der Waals surface area contributed by atoms with Crippen molar-refractivity contribution in [1.29, 1.82) is 0 Å². The van der Waals surface area contributed by atoms with Gasteiger partial charge in [0, 0.05) is 19.6 Å². The van der Waals surface area contributed by atoms with E-state index < -0.39 is 5.60 Å². The van der Waals surface area contributed by atoms with E-state index in [4.69, 9.17) is 4.74 Å². The van der Waals surface area contributed by atoms with Crippen LogP contribution in [0.15, 0.2) is 0 Å². The summed E-state index contributed by atoms with van der Waals surface area (Å²) in [4.78, 5) is 16.3. The van der Waals surface area contributed by atoms with E-state index in [9.17, 15) is 4.79 Å². The molecule has 2 atom stereocenters. The minimum Gasteiger partial charge on any atom is -0.444 e. The highest BCUT2D eigenvalue weighted by Gasteiger charge is 2.32. The van der Waals surface area contributed by atoms with Crippen molar-refractivity contribution in [2.75, 3.05) is 26.7 Å². The lowest BCUT2D eigenvalue weighted by Crippen LogP contribution is -2.53. The van der Waals surface area contributed by atoms with Crippen LogP contribution in [-0.4, -0.2) is 54.2 Å². The SMILES string of the molecule is CCN1CCC(C)C(N(C)C(=O)OC(C)(C)C)C1. The van der Waals surface area contributed by atoms with Gasteiger partial charge in [-0.1, -0.05) is 13.8 Å². The van der Waals surface area contributed by atoms with Crippen molar-refractivity contribution in [2.45, 2.75) is 52.7 Å². The zero-order chi connectivity index (χ0) is 13.9. The maximum atomic E-state index is 12.1. The first kappa shape index (κ1) is 15.3. The van der Waals surface area contributed by atoms with Gasteiger partial charge in [0.25, 0.3) is 0 Å². The zero-order valence-electron chi connectivity index (χ0n) is 12.7. The first-order chi connectivity index (χ1) is 8.24. The van der Waals surface area contributed by atoms with Crippen LogP contribution in [0, 0.1) is 5.92 Å². The molecule has 0 spiro atoms. The third kappa shape index (κ3) is 4.16. The van der Waals surface area contributed by atoms with Gasteiger partial charge >= 0.3 is 6.09 Å². The van der Waals surface area contributed by atoms with E-state index in [2.05, 4.69) is 18.7 Å². The number of hydrogen-bond donors (Lipinski definition) is 0. The average molecular weight is 256 g/mol. The lowest BCUT2D eigenvalue weighted by atomic mass is 9.92. The van der Waals surface area contributed by atoms with E-state index in [0.717, 1.165) is 26.1 Å². The molecule has 1 aliphatic rings. The predicted molar refractivity (Wildman–Crippen MR) is 73.7 cm³/mol. The van der Waals surface area contributed by atoms with Gasteiger partial charge in [0.2, 0.25) is 0 Å². The molecule has 0 aliphatic carbocycles. The molecular weight excluding hydrogens is 228 g/mol. The number of carbonyl (C=O) groups excluding carboxylic acids is 1. The van der Waals surface area contributed by atoms with Gasteiger partial charge in [-0.3, -0.25) is 0 Å². The highest BCUT2D eigenvalue weighted by atomic mass is 16.6. The summed E-state index contributed by atoms with van der Waals surface area (Å²) in [5.41, 5.74) is -0.423. The number of ether oxygens (including phenoxy) is 1. The molecule has 0 aromatic carbocycles. The van der Waals surface area contributed by atoms with Crippen LogP contribution in [0.4, 0.5) is 4.79 Å². The second-order valence-electron chi connectivity index (χ2n) is 6.32. The van der Waals surface area contributed by atoms with Crippen molar-refractivity contribution in [3.05, 3.63) is 0 Å². The molecular formula is C14H28N2O2. The van der Waals surface area contributed by atoms with E-state index >= 15 is 0 Å². The summed E-state index contributed by atoms with van der Waals surface area (Å²) in [6.07, 6.45) is 0.934. The van der Waals surface area contributed by atoms with Gasteiger partial charge in [-0.15, -0.1) is 0 Å². The molecule has 0 aromatic rings. The van der Waals surface area contributed by atoms with Gasteiger partial charge in [-0.25, -0.2) is 4.79 Å². The number of carbonyl (C=O) groups is 1. The van der Waals surface area contributed by atoms with Gasteiger partial charge in [0.1, 0.15) is 5.60 Å². The fourth-order valence-electron chi connectivity index (χ4n) is 2.38. The number of hydrogen-bond acceptors (Lipinski definition) is 3. The Morgan fingerprint density at radius 2 is 2.06 bits per heavy atom. The first-order valence-electron chi connectivity index (χ1n) is 6.92. The van der Waals surface area contributed by atoms with Crippen LogP contribution < -0.4 is 0 Å². The maximum Gasteiger partial charge on any atom is 0.410 e. The molecule has 106 valence electrons. The summed E-state index contributed by atoms with van der Waals surface area (Å²) in [7, 11) is 1.86. The second-order valence-corrected chi connectivity index (χ2v) is 6.32. The molecule has 18 heavy (non-hydrogen) atoms. The van der Waals surface area contributed by atoms with Crippen LogP contribution in [0.2, 0.25) is 0 Å². The predicted octanol–water partition coefficient (Wildman–Crippen LogP) is 2.58. The molecule has 0 bridgehead atoms. The minimum absolute atomic E-state index is 0.211. The fraction of sp³-hybridized carbons (Fsp3) is 0.929. The van der Waals surface area contributed by atoms with Crippen LogP contribution in [0.5, 0.6) is 0 Å². The molecule has 0 saturated carbocycles. The largest absolute Gasteiger partial charge is 0.444 e. The van der Waals surface area contributed by atoms with Gasteiger partial charge in [-0.2, -0.15) is 0 Å². The molecule has 0 N–H and O–H groups in total. The Kier molecular flexibility index (Phi) is 5.02. The number of likely N-dealkylation sites (tertiary alicyclic amines) is 1. The molecule has 1 aliphatic heterocycles. The van der Waals surface area contributed by atoms with Gasteiger partial charge in [0.15, 0.2) is 0 Å². The molecule has 1 amide bonds. The molecule has 0 radical (unpaired) electrons. The molecule has 4 heteroatoms. The van der Waals surface area contributed by atoms with Crippen molar-refractivity contribution in [3.8, 4) is 0 Å². The molecule has 1 saturated heterocycles. The molecule has 2 unspecified atom stereocenters. The van der Waals surface area contributed by atoms with Crippen LogP contribution in [0.25, 0.3) is 0 Å². The molecule has 1 rings (SSSR count). The Bertz CT molecular complexity index is 286. The summed E-state index contributed by atoms with van der Waals surface area (Å²) in [5.74, 6) is 0.533. The Morgan fingerprint density at radius 1 is 1.44 bits per heavy atom. The van der Waals surface area contributed by atoms with Crippen molar-refractivity contribution in [1.82, 2.24) is 9.80 Å². The van der Waals surface area contributed by atoms with Gasteiger partial charge in [-0.05, 0) is 46.2 Å². The summed E-state index contributed by atoms with van der Waals surface area (Å²) < 4.78 is 5.44. The Labute approximate surface area is 111 Å². The minimum atomic E-state index is -0.423. The zero-order valence-corrected chi connectivity index (χ0v) is 12.7. The van der Waals surface area contributed by atoms with Crippen LogP contribution in [-0.2, 0) is 4.74 Å². The first-order valence-corrected chi connectivity index (χ1v) is 6.92. The third-order valence-corrected chi connectivity index (χ3v) is 3.63. The quantitative estimate of drug-likeness (QED) is 0.761. The van der Waals surface area contributed by atoms with E-state index in [1.165, 1.54) is 0 Å². The topological polar surface area (TPSA) is 32.8 Å². The number of rotatable bonds is 2. The highest BCUT2D eigenvalue weighted by molar-refractivity contribution is 5.68. The smallest absolute Gasteiger partial charge is 0.410 e. The average Bonchev–Trinajstić information content (AvgIpc) is 2.26. The monoisotopic (exact) mass is 256 g/mol. The summed E-state index contributed by atoms with van der Waals surface area (Å²) in [6.45, 7) is 13.2. The normalized spacial score (nSPS) is 25.9. The Balaban J connectivity index is 2.63. The summed E-state index contributed by atoms with van der Waals surface area (Å²) in [5, 5.41) is 0. The van der Waals surface area contributed by atoms with Gasteiger partial charge < -0.3 is 14.5 Å². The Hall–Kier alpha value is -0.770. The number of amides is 1. The number of nitrogens with zero attached hydrogens (tertiary/aromatic N) is 2. The second kappa shape index (κ2) is 5.91. The number of likely N-dealkylation sites (N-methyl/N-ethyl adjacent to an activating group) is 2. The van der Waals surface area contributed by atoms with Crippen molar-refractivity contribution in [2.24, 2.45) is 5.92 Å². The molecule has 1 heterocycles. The lowest BCUT2D eigenvalue weighted by Gasteiger charge is -2.41. The van der Waals surface area contributed by atoms with E-state index in [-0.39, 0.29) is 12.1 Å². The van der Waals surface area contributed by atoms with Crippen molar-refractivity contribution >= 4 is 6.09 Å². The van der Waals surface area contributed by atoms with Crippen LogP contribution in [0.3, 0.4) is 0 Å². The van der Waals surface area contributed by atoms with Gasteiger partial charge in [0.05, 0.1) is 0 Å². The lowest BCUT2D eigenvalue weighted by molar-refractivity contribution is 0.00499. The van der Waals surface area contributed by atoms with Crippen molar-refractivity contribution in [3.63, 3.8) is 0 Å².